The van der Waals surface area contributed by atoms with E-state index in [1.165, 1.54) is 0 Å². The summed E-state index contributed by atoms with van der Waals surface area (Å²) < 4.78 is 12.9. The second-order valence-electron chi connectivity index (χ2n) is 5.84. The largest absolute Gasteiger partial charge is 0.497 e. The molecule has 0 spiro atoms. The van der Waals surface area contributed by atoms with Gasteiger partial charge in [-0.1, -0.05) is 0 Å². The molecule has 0 aliphatic carbocycles. The van der Waals surface area contributed by atoms with Crippen LogP contribution in [0.25, 0.3) is 11.2 Å². The predicted octanol–water partition coefficient (Wildman–Crippen LogP) is 3.93. The van der Waals surface area contributed by atoms with Crippen molar-refractivity contribution in [1.29, 1.82) is 0 Å². The number of halogens is 1. The summed E-state index contributed by atoms with van der Waals surface area (Å²) in [6.45, 7) is 0.750. The number of hydrogen-bond acceptors (Lipinski definition) is 6. The highest BCUT2D eigenvalue weighted by Crippen LogP contribution is 2.30. The molecule has 1 N–H and O–H groups in total. The molecular weight excluding hydrogens is 342 g/mol. The molecule has 8 heteroatoms. The predicted molar refractivity (Wildman–Crippen MR) is 95.4 cm³/mol. The Bertz CT molecular complexity index is 875. The molecule has 1 fully saturated rings. The number of nitrogens with one attached hydrogen (secondary N) is 1. The Morgan fingerprint density at radius 1 is 1.24 bits per heavy atom. The highest BCUT2D eigenvalue weighted by Gasteiger charge is 2.21. The molecule has 0 saturated carbocycles. The fraction of sp³-hybridized carbons (Fsp3) is 0.353. The van der Waals surface area contributed by atoms with Crippen LogP contribution in [0.1, 0.15) is 25.5 Å². The molecule has 0 radical (unpaired) electrons. The molecule has 3 heterocycles. The van der Waals surface area contributed by atoms with Crippen molar-refractivity contribution >= 4 is 34.3 Å². The summed E-state index contributed by atoms with van der Waals surface area (Å²) in [4.78, 5) is 13.1. The zero-order valence-electron chi connectivity index (χ0n) is 13.8. The van der Waals surface area contributed by atoms with E-state index < -0.39 is 0 Å². The minimum Gasteiger partial charge on any atom is -0.497 e. The summed E-state index contributed by atoms with van der Waals surface area (Å²) in [5, 5.41) is 3.42. The summed E-state index contributed by atoms with van der Waals surface area (Å²) in [5.74, 6) is 1.35. The lowest BCUT2D eigenvalue weighted by atomic mass is 10.2. The summed E-state index contributed by atoms with van der Waals surface area (Å²) in [7, 11) is 1.64. The molecule has 7 nitrogen and oxygen atoms in total. The van der Waals surface area contributed by atoms with Crippen molar-refractivity contribution in [3.05, 3.63) is 35.9 Å². The average molecular weight is 360 g/mol. The van der Waals surface area contributed by atoms with Crippen molar-refractivity contribution in [3.63, 3.8) is 0 Å². The first kappa shape index (κ1) is 16.1. The van der Waals surface area contributed by atoms with Gasteiger partial charge in [-0.3, -0.25) is 4.57 Å². The molecule has 0 bridgehead atoms. The van der Waals surface area contributed by atoms with Crippen molar-refractivity contribution in [2.24, 2.45) is 0 Å². The molecule has 1 aliphatic rings. The summed E-state index contributed by atoms with van der Waals surface area (Å²) in [6, 6.07) is 7.55. The lowest BCUT2D eigenvalue weighted by Crippen LogP contribution is -2.17. The first-order valence-electron chi connectivity index (χ1n) is 8.17. The molecule has 1 aliphatic heterocycles. The molecule has 2 aromatic heterocycles. The van der Waals surface area contributed by atoms with E-state index in [0.29, 0.717) is 17.0 Å². The van der Waals surface area contributed by atoms with E-state index in [1.807, 2.05) is 28.8 Å². The smallest absolute Gasteiger partial charge is 0.226 e. The molecule has 130 valence electrons. The SMILES string of the molecule is COc1ccc(Nc2nc(Cl)nc3c2ncn3C2CCCCO2)cc1. The third-order valence-electron chi connectivity index (χ3n) is 4.21. The number of nitrogens with zero attached hydrogens (tertiary/aromatic N) is 4. The molecule has 1 unspecified atom stereocenters. The van der Waals surface area contributed by atoms with E-state index >= 15 is 0 Å². The first-order chi connectivity index (χ1) is 12.2. The van der Waals surface area contributed by atoms with E-state index in [4.69, 9.17) is 21.1 Å². The topological polar surface area (TPSA) is 74.1 Å². The van der Waals surface area contributed by atoms with Crippen molar-refractivity contribution < 1.29 is 9.47 Å². The van der Waals surface area contributed by atoms with Crippen LogP contribution < -0.4 is 10.1 Å². The van der Waals surface area contributed by atoms with E-state index in [1.54, 1.807) is 13.4 Å². The van der Waals surface area contributed by atoms with Gasteiger partial charge in [0.1, 0.15) is 12.0 Å². The van der Waals surface area contributed by atoms with Crippen LogP contribution in [0.4, 0.5) is 11.5 Å². The molecule has 3 aromatic rings. The average Bonchev–Trinajstić information content (AvgIpc) is 3.07. The maximum absolute atomic E-state index is 6.14. The third kappa shape index (κ3) is 3.25. The van der Waals surface area contributed by atoms with Crippen LogP contribution in [0.2, 0.25) is 5.28 Å². The standard InChI is InChI=1S/C17H18ClN5O2/c1-24-12-7-5-11(6-8-12)20-15-14-16(22-17(18)21-15)23(10-19-14)13-4-2-3-9-25-13/h5-8,10,13H,2-4,9H2,1H3,(H,20,21,22). The Morgan fingerprint density at radius 3 is 2.80 bits per heavy atom. The van der Waals surface area contributed by atoms with E-state index in [0.717, 1.165) is 37.3 Å². The van der Waals surface area contributed by atoms with Gasteiger partial charge in [-0.25, -0.2) is 4.98 Å². The second kappa shape index (κ2) is 6.85. The van der Waals surface area contributed by atoms with Crippen LogP contribution in [-0.4, -0.2) is 33.2 Å². The summed E-state index contributed by atoms with van der Waals surface area (Å²) in [6.07, 6.45) is 4.83. The van der Waals surface area contributed by atoms with Gasteiger partial charge in [0.15, 0.2) is 17.0 Å². The lowest BCUT2D eigenvalue weighted by molar-refractivity contribution is -0.0298. The Labute approximate surface area is 150 Å². The molecule has 1 atom stereocenters. The zero-order valence-corrected chi connectivity index (χ0v) is 14.5. The number of rotatable bonds is 4. The van der Waals surface area contributed by atoms with Gasteiger partial charge in [-0.2, -0.15) is 9.97 Å². The van der Waals surface area contributed by atoms with Crippen LogP contribution in [0.5, 0.6) is 5.75 Å². The monoisotopic (exact) mass is 359 g/mol. The van der Waals surface area contributed by atoms with Gasteiger partial charge in [0, 0.05) is 12.3 Å². The van der Waals surface area contributed by atoms with Gasteiger partial charge >= 0.3 is 0 Å². The maximum Gasteiger partial charge on any atom is 0.226 e. The number of anilines is 2. The Balaban J connectivity index is 1.69. The zero-order chi connectivity index (χ0) is 17.2. The number of ether oxygens (including phenoxy) is 2. The van der Waals surface area contributed by atoms with Crippen LogP contribution in [0.3, 0.4) is 0 Å². The van der Waals surface area contributed by atoms with E-state index in [2.05, 4.69) is 20.3 Å². The Kier molecular flexibility index (Phi) is 4.42. The van der Waals surface area contributed by atoms with Gasteiger partial charge < -0.3 is 14.8 Å². The normalized spacial score (nSPS) is 17.6. The van der Waals surface area contributed by atoms with Gasteiger partial charge in [0.05, 0.1) is 13.4 Å². The second-order valence-corrected chi connectivity index (χ2v) is 6.18. The van der Waals surface area contributed by atoms with Gasteiger partial charge in [-0.15, -0.1) is 0 Å². The van der Waals surface area contributed by atoms with Crippen molar-refractivity contribution in [3.8, 4) is 5.75 Å². The minimum absolute atomic E-state index is 0.0569. The van der Waals surface area contributed by atoms with Crippen molar-refractivity contribution in [1.82, 2.24) is 19.5 Å². The van der Waals surface area contributed by atoms with Crippen LogP contribution in [0, 0.1) is 0 Å². The van der Waals surface area contributed by atoms with Gasteiger partial charge in [0.25, 0.3) is 0 Å². The van der Waals surface area contributed by atoms with Gasteiger partial charge in [-0.05, 0) is 55.1 Å². The molecular formula is C17H18ClN5O2. The van der Waals surface area contributed by atoms with Crippen molar-refractivity contribution in [2.75, 3.05) is 19.0 Å². The number of imidazole rings is 1. The lowest BCUT2D eigenvalue weighted by Gasteiger charge is -2.23. The minimum atomic E-state index is -0.0569. The fourth-order valence-corrected chi connectivity index (χ4v) is 3.11. The number of hydrogen-bond donors (Lipinski definition) is 1. The molecule has 4 rings (SSSR count). The Morgan fingerprint density at radius 2 is 2.08 bits per heavy atom. The molecule has 25 heavy (non-hydrogen) atoms. The Hall–Kier alpha value is -2.38. The third-order valence-corrected chi connectivity index (χ3v) is 4.38. The number of fused-ring (bicyclic) bond motifs is 1. The molecule has 1 saturated heterocycles. The van der Waals surface area contributed by atoms with Crippen molar-refractivity contribution in [2.45, 2.75) is 25.5 Å². The van der Waals surface area contributed by atoms with Gasteiger partial charge in [0.2, 0.25) is 5.28 Å². The maximum atomic E-state index is 6.14. The number of benzene rings is 1. The van der Waals surface area contributed by atoms with Crippen LogP contribution in [-0.2, 0) is 4.74 Å². The summed E-state index contributed by atoms with van der Waals surface area (Å²) in [5.41, 5.74) is 2.19. The first-order valence-corrected chi connectivity index (χ1v) is 8.55. The number of aromatic nitrogens is 4. The molecule has 1 aromatic carbocycles. The summed E-state index contributed by atoms with van der Waals surface area (Å²) >= 11 is 6.14. The van der Waals surface area contributed by atoms with Crippen LogP contribution in [0.15, 0.2) is 30.6 Å². The van der Waals surface area contributed by atoms with E-state index in [9.17, 15) is 0 Å². The highest BCUT2D eigenvalue weighted by molar-refractivity contribution is 6.28. The highest BCUT2D eigenvalue weighted by atomic mass is 35.5. The fourth-order valence-electron chi connectivity index (χ4n) is 2.94. The van der Waals surface area contributed by atoms with E-state index in [-0.39, 0.29) is 11.5 Å². The number of methoxy groups -OCH3 is 1. The quantitative estimate of drug-likeness (QED) is 0.711. The van der Waals surface area contributed by atoms with Crippen LogP contribution >= 0.6 is 11.6 Å². The molecule has 0 amide bonds.